The zero-order chi connectivity index (χ0) is 18.6. The van der Waals surface area contributed by atoms with Crippen molar-refractivity contribution in [3.63, 3.8) is 0 Å². The highest BCUT2D eigenvalue weighted by atomic mass is 32.2. The SMILES string of the molecule is COC(=O)c1ccc(CN(c2cccc(OC)c2)S(C)(=O)=O)c(F)c1. The summed E-state index contributed by atoms with van der Waals surface area (Å²) in [5.41, 5.74) is 0.523. The highest BCUT2D eigenvalue weighted by Gasteiger charge is 2.21. The number of esters is 1. The quantitative estimate of drug-likeness (QED) is 0.734. The molecule has 25 heavy (non-hydrogen) atoms. The fourth-order valence-corrected chi connectivity index (χ4v) is 3.11. The number of ether oxygens (including phenoxy) is 2. The van der Waals surface area contributed by atoms with Gasteiger partial charge in [-0.25, -0.2) is 17.6 Å². The number of hydrogen-bond acceptors (Lipinski definition) is 5. The van der Waals surface area contributed by atoms with Gasteiger partial charge in [0, 0.05) is 11.6 Å². The van der Waals surface area contributed by atoms with Crippen LogP contribution in [0.3, 0.4) is 0 Å². The van der Waals surface area contributed by atoms with E-state index < -0.39 is 21.8 Å². The number of carbonyl (C=O) groups excluding carboxylic acids is 1. The number of carbonyl (C=O) groups is 1. The topological polar surface area (TPSA) is 72.9 Å². The highest BCUT2D eigenvalue weighted by molar-refractivity contribution is 7.92. The van der Waals surface area contributed by atoms with Gasteiger partial charge in [0.1, 0.15) is 11.6 Å². The molecule has 0 aliphatic rings. The second-order valence-corrected chi connectivity index (χ2v) is 7.18. The minimum atomic E-state index is -3.67. The van der Waals surface area contributed by atoms with Crippen LogP contribution in [-0.4, -0.2) is 34.9 Å². The lowest BCUT2D eigenvalue weighted by Crippen LogP contribution is -2.29. The molecule has 0 aliphatic heterocycles. The molecule has 0 N–H and O–H groups in total. The lowest BCUT2D eigenvalue weighted by Gasteiger charge is -2.23. The standard InChI is InChI=1S/C17H18FNO5S/c1-23-15-6-4-5-14(10-15)19(25(3,21)22)11-13-8-7-12(9-16(13)18)17(20)24-2/h4-10H,11H2,1-3H3. The van der Waals surface area contributed by atoms with Gasteiger partial charge in [-0.3, -0.25) is 4.31 Å². The third kappa shape index (κ3) is 4.48. The van der Waals surface area contributed by atoms with Gasteiger partial charge in [0.15, 0.2) is 0 Å². The van der Waals surface area contributed by atoms with Gasteiger partial charge in [-0.15, -0.1) is 0 Å². The first-order chi connectivity index (χ1) is 11.8. The van der Waals surface area contributed by atoms with Crippen LogP contribution in [-0.2, 0) is 21.3 Å². The number of nitrogens with zero attached hydrogens (tertiary/aromatic N) is 1. The Hall–Kier alpha value is -2.61. The summed E-state index contributed by atoms with van der Waals surface area (Å²) >= 11 is 0. The third-order valence-corrected chi connectivity index (χ3v) is 4.67. The molecule has 0 heterocycles. The Balaban J connectivity index is 2.40. The largest absolute Gasteiger partial charge is 0.497 e. The number of sulfonamides is 1. The van der Waals surface area contributed by atoms with E-state index in [1.165, 1.54) is 26.4 Å². The molecule has 2 aromatic rings. The summed E-state index contributed by atoms with van der Waals surface area (Å²) in [6, 6.07) is 10.2. The monoisotopic (exact) mass is 367 g/mol. The summed E-state index contributed by atoms with van der Waals surface area (Å²) < 4.78 is 49.3. The smallest absolute Gasteiger partial charge is 0.337 e. The number of halogens is 1. The van der Waals surface area contributed by atoms with Gasteiger partial charge < -0.3 is 9.47 Å². The van der Waals surface area contributed by atoms with Crippen LogP contribution in [0, 0.1) is 5.82 Å². The van der Waals surface area contributed by atoms with Crippen LogP contribution >= 0.6 is 0 Å². The maximum absolute atomic E-state index is 14.3. The van der Waals surface area contributed by atoms with Crippen molar-refractivity contribution in [2.24, 2.45) is 0 Å². The van der Waals surface area contributed by atoms with E-state index in [2.05, 4.69) is 4.74 Å². The maximum Gasteiger partial charge on any atom is 0.337 e. The minimum absolute atomic E-state index is 0.0519. The Bertz CT molecular complexity index is 882. The summed E-state index contributed by atoms with van der Waals surface area (Å²) in [6.45, 7) is -0.223. The molecule has 0 aromatic heterocycles. The van der Waals surface area contributed by atoms with E-state index >= 15 is 0 Å². The number of methoxy groups -OCH3 is 2. The van der Waals surface area contributed by atoms with Crippen molar-refractivity contribution in [1.29, 1.82) is 0 Å². The Morgan fingerprint density at radius 2 is 1.88 bits per heavy atom. The molecule has 0 aliphatic carbocycles. The molecule has 0 saturated carbocycles. The molecule has 0 fully saturated rings. The molecular weight excluding hydrogens is 349 g/mol. The zero-order valence-corrected chi connectivity index (χ0v) is 14.8. The predicted octanol–water partition coefficient (Wildman–Crippen LogP) is 2.59. The average molecular weight is 367 g/mol. The van der Waals surface area contributed by atoms with Crippen molar-refractivity contribution in [2.75, 3.05) is 24.8 Å². The number of hydrogen-bond donors (Lipinski definition) is 0. The van der Waals surface area contributed by atoms with E-state index in [0.717, 1.165) is 16.6 Å². The first-order valence-corrected chi connectivity index (χ1v) is 9.09. The Labute approximate surface area is 145 Å². The van der Waals surface area contributed by atoms with Crippen molar-refractivity contribution in [3.8, 4) is 5.75 Å². The molecule has 0 atom stereocenters. The van der Waals surface area contributed by atoms with Gasteiger partial charge in [0.25, 0.3) is 0 Å². The molecule has 2 aromatic carbocycles. The highest BCUT2D eigenvalue weighted by Crippen LogP contribution is 2.26. The van der Waals surface area contributed by atoms with Gasteiger partial charge in [-0.2, -0.15) is 0 Å². The van der Waals surface area contributed by atoms with Gasteiger partial charge >= 0.3 is 5.97 Å². The summed E-state index contributed by atoms with van der Waals surface area (Å²) in [4.78, 5) is 11.4. The Morgan fingerprint density at radius 3 is 2.44 bits per heavy atom. The minimum Gasteiger partial charge on any atom is -0.497 e. The zero-order valence-electron chi connectivity index (χ0n) is 14.0. The van der Waals surface area contributed by atoms with Gasteiger partial charge in [-0.1, -0.05) is 12.1 Å². The fourth-order valence-electron chi connectivity index (χ4n) is 2.24. The van der Waals surface area contributed by atoms with E-state index in [1.54, 1.807) is 24.3 Å². The molecule has 0 bridgehead atoms. The second kappa shape index (κ2) is 7.52. The van der Waals surface area contributed by atoms with Crippen molar-refractivity contribution < 1.29 is 27.1 Å². The van der Waals surface area contributed by atoms with Crippen LogP contribution in [0.4, 0.5) is 10.1 Å². The first-order valence-electron chi connectivity index (χ1n) is 7.24. The molecule has 0 saturated heterocycles. The van der Waals surface area contributed by atoms with E-state index in [0.29, 0.717) is 11.4 Å². The molecular formula is C17H18FNO5S. The normalized spacial score (nSPS) is 11.0. The number of rotatable bonds is 6. The number of benzene rings is 2. The lowest BCUT2D eigenvalue weighted by atomic mass is 10.1. The lowest BCUT2D eigenvalue weighted by molar-refractivity contribution is 0.0600. The molecule has 0 amide bonds. The van der Waals surface area contributed by atoms with Crippen molar-refractivity contribution >= 4 is 21.7 Å². The first kappa shape index (κ1) is 18.7. The Morgan fingerprint density at radius 1 is 1.16 bits per heavy atom. The van der Waals surface area contributed by atoms with Crippen LogP contribution in [0.25, 0.3) is 0 Å². The molecule has 6 nitrogen and oxygen atoms in total. The molecule has 8 heteroatoms. The van der Waals surface area contributed by atoms with E-state index in [4.69, 9.17) is 4.74 Å². The van der Waals surface area contributed by atoms with Crippen LogP contribution in [0.2, 0.25) is 0 Å². The molecule has 0 radical (unpaired) electrons. The summed E-state index contributed by atoms with van der Waals surface area (Å²) in [6.07, 6.45) is 1.03. The summed E-state index contributed by atoms with van der Waals surface area (Å²) in [7, 11) is -1.01. The van der Waals surface area contributed by atoms with E-state index in [1.807, 2.05) is 0 Å². The molecule has 0 spiro atoms. The molecule has 0 unspecified atom stereocenters. The van der Waals surface area contributed by atoms with Crippen LogP contribution < -0.4 is 9.04 Å². The fraction of sp³-hybridized carbons (Fsp3) is 0.235. The molecule has 2 rings (SSSR count). The van der Waals surface area contributed by atoms with Crippen molar-refractivity contribution in [2.45, 2.75) is 6.54 Å². The van der Waals surface area contributed by atoms with E-state index in [-0.39, 0.29) is 17.7 Å². The molecule has 134 valence electrons. The second-order valence-electron chi connectivity index (χ2n) is 5.27. The average Bonchev–Trinajstić information content (AvgIpc) is 2.58. The number of anilines is 1. The van der Waals surface area contributed by atoms with Crippen molar-refractivity contribution in [3.05, 3.63) is 59.4 Å². The van der Waals surface area contributed by atoms with Crippen LogP contribution in [0.15, 0.2) is 42.5 Å². The van der Waals surface area contributed by atoms with Crippen LogP contribution in [0.1, 0.15) is 15.9 Å². The maximum atomic E-state index is 14.3. The van der Waals surface area contributed by atoms with Gasteiger partial charge in [0.2, 0.25) is 10.0 Å². The van der Waals surface area contributed by atoms with Gasteiger partial charge in [0.05, 0.1) is 38.3 Å². The Kier molecular flexibility index (Phi) is 5.63. The summed E-state index contributed by atoms with van der Waals surface area (Å²) in [5, 5.41) is 0. The van der Waals surface area contributed by atoms with Gasteiger partial charge in [-0.05, 0) is 24.3 Å². The van der Waals surface area contributed by atoms with Crippen LogP contribution in [0.5, 0.6) is 5.75 Å². The third-order valence-electron chi connectivity index (χ3n) is 3.53. The predicted molar refractivity (Wildman–Crippen MR) is 91.8 cm³/mol. The van der Waals surface area contributed by atoms with Crippen molar-refractivity contribution in [1.82, 2.24) is 0 Å². The van der Waals surface area contributed by atoms with E-state index in [9.17, 15) is 17.6 Å². The summed E-state index contributed by atoms with van der Waals surface area (Å²) in [5.74, 6) is -0.884.